The van der Waals surface area contributed by atoms with Crippen LogP contribution in [0.25, 0.3) is 0 Å². The summed E-state index contributed by atoms with van der Waals surface area (Å²) in [5, 5.41) is 11.4. The lowest BCUT2D eigenvalue weighted by Crippen LogP contribution is -2.30. The van der Waals surface area contributed by atoms with Gasteiger partial charge in [0, 0.05) is 13.0 Å². The Balaban J connectivity index is 2.41. The Labute approximate surface area is 115 Å². The van der Waals surface area contributed by atoms with Gasteiger partial charge in [-0.25, -0.2) is 0 Å². The van der Waals surface area contributed by atoms with Crippen molar-refractivity contribution >= 4 is 11.8 Å². The van der Waals surface area contributed by atoms with Crippen LogP contribution < -0.4 is 5.32 Å². The topological polar surface area (TPSA) is 66.4 Å². The van der Waals surface area contributed by atoms with Crippen molar-refractivity contribution in [2.24, 2.45) is 5.41 Å². The van der Waals surface area contributed by atoms with Crippen molar-refractivity contribution in [1.29, 1.82) is 0 Å². The van der Waals surface area contributed by atoms with Crippen molar-refractivity contribution in [2.75, 3.05) is 6.61 Å². The van der Waals surface area contributed by atoms with Crippen LogP contribution in [-0.2, 0) is 9.59 Å². The predicted octanol–water partition coefficient (Wildman–Crippen LogP) is 2.32. The van der Waals surface area contributed by atoms with Crippen molar-refractivity contribution in [1.82, 2.24) is 5.32 Å². The molecule has 0 saturated carbocycles. The van der Waals surface area contributed by atoms with Gasteiger partial charge in [0.05, 0.1) is 5.41 Å². The van der Waals surface area contributed by atoms with Crippen LogP contribution in [0.4, 0.5) is 0 Å². The number of aliphatic hydroxyl groups excluding tert-OH is 1. The summed E-state index contributed by atoms with van der Waals surface area (Å²) in [4.78, 5) is 23.1. The minimum Gasteiger partial charge on any atom is -0.396 e. The van der Waals surface area contributed by atoms with Crippen molar-refractivity contribution < 1.29 is 14.7 Å². The van der Waals surface area contributed by atoms with Crippen LogP contribution in [0.2, 0.25) is 0 Å². The van der Waals surface area contributed by atoms with E-state index in [1.165, 1.54) is 25.7 Å². The molecule has 1 aliphatic heterocycles. The van der Waals surface area contributed by atoms with Gasteiger partial charge in [-0.3, -0.25) is 14.9 Å². The maximum absolute atomic E-state index is 11.8. The highest BCUT2D eigenvalue weighted by atomic mass is 16.3. The molecule has 0 bridgehead atoms. The number of hydrogen-bond donors (Lipinski definition) is 2. The van der Waals surface area contributed by atoms with Crippen molar-refractivity contribution in [2.45, 2.75) is 58.3 Å². The molecule has 1 heterocycles. The second-order valence-electron chi connectivity index (χ2n) is 5.29. The van der Waals surface area contributed by atoms with Crippen molar-refractivity contribution in [3.8, 4) is 0 Å². The molecule has 2 amide bonds. The molecule has 1 unspecified atom stereocenters. The molecule has 0 aromatic rings. The summed E-state index contributed by atoms with van der Waals surface area (Å²) in [5.74, 6) is -0.514. The van der Waals surface area contributed by atoms with Gasteiger partial charge in [-0.1, -0.05) is 44.8 Å². The normalized spacial score (nSPS) is 23.3. The molecule has 4 heteroatoms. The number of nitrogens with one attached hydrogen (secondary N) is 1. The van der Waals surface area contributed by atoms with E-state index in [1.807, 2.05) is 12.2 Å². The fourth-order valence-electron chi connectivity index (χ4n) is 2.46. The summed E-state index contributed by atoms with van der Waals surface area (Å²) in [6.45, 7) is 2.11. The number of imide groups is 1. The highest BCUT2D eigenvalue weighted by molar-refractivity contribution is 6.06. The van der Waals surface area contributed by atoms with Gasteiger partial charge in [0.2, 0.25) is 11.8 Å². The zero-order valence-electron chi connectivity index (χ0n) is 11.8. The molecule has 4 nitrogen and oxygen atoms in total. The van der Waals surface area contributed by atoms with Crippen molar-refractivity contribution in [3.05, 3.63) is 12.2 Å². The minimum absolute atomic E-state index is 0.0818. The molecule has 2 N–H and O–H groups in total. The molecule has 0 radical (unpaired) electrons. The van der Waals surface area contributed by atoms with Crippen molar-refractivity contribution in [3.63, 3.8) is 0 Å². The van der Waals surface area contributed by atoms with Crippen LogP contribution in [0.3, 0.4) is 0 Å². The van der Waals surface area contributed by atoms with Gasteiger partial charge in [-0.15, -0.1) is 0 Å². The third-order valence-corrected chi connectivity index (χ3v) is 3.65. The molecule has 1 fully saturated rings. The van der Waals surface area contributed by atoms with E-state index in [-0.39, 0.29) is 24.8 Å². The highest BCUT2D eigenvalue weighted by Crippen LogP contribution is 2.33. The summed E-state index contributed by atoms with van der Waals surface area (Å²) < 4.78 is 0. The summed E-state index contributed by atoms with van der Waals surface area (Å²) in [6.07, 6.45) is 11.3. The number of carbonyl (C=O) groups is 2. The average Bonchev–Trinajstić information content (AvgIpc) is 2.64. The van der Waals surface area contributed by atoms with Crippen LogP contribution in [-0.4, -0.2) is 23.5 Å². The Hall–Kier alpha value is -1.16. The smallest absolute Gasteiger partial charge is 0.237 e. The maximum atomic E-state index is 11.8. The number of carbonyl (C=O) groups excluding carboxylic acids is 2. The molecule has 108 valence electrons. The third kappa shape index (κ3) is 4.78. The number of amides is 2. The summed E-state index contributed by atoms with van der Waals surface area (Å²) in [6, 6.07) is 0. The SMILES string of the molecule is CCCCCCCC=CC1(CCO)CC(=O)NC1=O. The van der Waals surface area contributed by atoms with E-state index in [9.17, 15) is 9.59 Å². The lowest BCUT2D eigenvalue weighted by Gasteiger charge is -2.19. The van der Waals surface area contributed by atoms with E-state index in [2.05, 4.69) is 12.2 Å². The van der Waals surface area contributed by atoms with Gasteiger partial charge in [-0.05, 0) is 19.3 Å². The van der Waals surface area contributed by atoms with Crippen LogP contribution in [0.1, 0.15) is 58.3 Å². The van der Waals surface area contributed by atoms with Gasteiger partial charge in [0.25, 0.3) is 0 Å². The standard InChI is InChI=1S/C15H25NO3/c1-2-3-4-5-6-7-8-9-15(10-11-17)12-13(18)16-14(15)19/h8-9,17H,2-7,10-12H2,1H3,(H,16,18,19). The molecular weight excluding hydrogens is 242 g/mol. The Bertz CT molecular complexity index is 338. The van der Waals surface area contributed by atoms with Gasteiger partial charge >= 0.3 is 0 Å². The Morgan fingerprint density at radius 3 is 2.58 bits per heavy atom. The Morgan fingerprint density at radius 2 is 2.00 bits per heavy atom. The fourth-order valence-corrected chi connectivity index (χ4v) is 2.46. The zero-order valence-corrected chi connectivity index (χ0v) is 11.8. The molecule has 1 atom stereocenters. The van der Waals surface area contributed by atoms with Gasteiger partial charge in [-0.2, -0.15) is 0 Å². The first-order valence-electron chi connectivity index (χ1n) is 7.27. The maximum Gasteiger partial charge on any atom is 0.237 e. The van der Waals surface area contributed by atoms with E-state index in [4.69, 9.17) is 5.11 Å². The van der Waals surface area contributed by atoms with Gasteiger partial charge in [0.15, 0.2) is 0 Å². The van der Waals surface area contributed by atoms with E-state index in [0.29, 0.717) is 6.42 Å². The Morgan fingerprint density at radius 1 is 1.26 bits per heavy atom. The lowest BCUT2D eigenvalue weighted by atomic mass is 9.82. The molecular formula is C15H25NO3. The number of hydrogen-bond acceptors (Lipinski definition) is 3. The van der Waals surface area contributed by atoms with Crippen LogP contribution in [0, 0.1) is 5.41 Å². The minimum atomic E-state index is -0.810. The third-order valence-electron chi connectivity index (χ3n) is 3.65. The van der Waals surface area contributed by atoms with E-state index < -0.39 is 5.41 Å². The molecule has 1 rings (SSSR count). The van der Waals surface area contributed by atoms with E-state index >= 15 is 0 Å². The number of rotatable bonds is 9. The molecule has 0 aliphatic carbocycles. The molecule has 0 aromatic heterocycles. The summed E-state index contributed by atoms with van der Waals surface area (Å²) >= 11 is 0. The highest BCUT2D eigenvalue weighted by Gasteiger charge is 2.43. The molecule has 1 aliphatic rings. The van der Waals surface area contributed by atoms with Gasteiger partial charge < -0.3 is 5.11 Å². The quantitative estimate of drug-likeness (QED) is 0.383. The first-order chi connectivity index (χ1) is 9.14. The molecule has 0 spiro atoms. The average molecular weight is 267 g/mol. The first-order valence-corrected chi connectivity index (χ1v) is 7.27. The number of unbranched alkanes of at least 4 members (excludes halogenated alkanes) is 5. The second-order valence-corrected chi connectivity index (χ2v) is 5.29. The van der Waals surface area contributed by atoms with Gasteiger partial charge in [0.1, 0.15) is 0 Å². The molecule has 0 aromatic carbocycles. The van der Waals surface area contributed by atoms with Crippen LogP contribution in [0.15, 0.2) is 12.2 Å². The fraction of sp³-hybridized carbons (Fsp3) is 0.733. The lowest BCUT2D eigenvalue weighted by molar-refractivity contribution is -0.127. The van der Waals surface area contributed by atoms with Crippen LogP contribution >= 0.6 is 0 Å². The molecule has 19 heavy (non-hydrogen) atoms. The number of aliphatic hydroxyl groups is 1. The molecule has 1 saturated heterocycles. The monoisotopic (exact) mass is 267 g/mol. The summed E-state index contributed by atoms with van der Waals surface area (Å²) in [5.41, 5.74) is -0.810. The van der Waals surface area contributed by atoms with E-state index in [1.54, 1.807) is 0 Å². The Kier molecular flexibility index (Phi) is 6.78. The zero-order chi connectivity index (χ0) is 14.1. The summed E-state index contributed by atoms with van der Waals surface area (Å²) in [7, 11) is 0. The van der Waals surface area contributed by atoms with E-state index in [0.717, 1.165) is 12.8 Å². The predicted molar refractivity (Wildman–Crippen MR) is 74.4 cm³/mol. The largest absolute Gasteiger partial charge is 0.396 e. The second kappa shape index (κ2) is 8.10. The van der Waals surface area contributed by atoms with Crippen LogP contribution in [0.5, 0.6) is 0 Å². The first kappa shape index (κ1) is 15.9. The number of allylic oxidation sites excluding steroid dienone is 1.